The molecular formula is C29H29Cl2N3O4. The highest BCUT2D eigenvalue weighted by Gasteiger charge is 2.23. The molecule has 0 spiro atoms. The molecule has 9 heteroatoms. The molecule has 4 rings (SSSR count). The number of rotatable bonds is 8. The molecule has 1 amide bonds. The number of fused-ring (bicyclic) bond motifs is 1. The van der Waals surface area contributed by atoms with E-state index in [1.165, 1.54) is 7.11 Å². The topological polar surface area (TPSA) is 89.9 Å². The second-order valence-electron chi connectivity index (χ2n) is 10.1. The van der Waals surface area contributed by atoms with Crippen molar-refractivity contribution in [1.82, 2.24) is 10.3 Å². The molecule has 0 bridgehead atoms. The van der Waals surface area contributed by atoms with Crippen LogP contribution in [0.25, 0.3) is 10.9 Å². The number of hydrogen-bond donors (Lipinski definition) is 1. The van der Waals surface area contributed by atoms with E-state index in [-0.39, 0.29) is 33.6 Å². The third kappa shape index (κ3) is 5.84. The maximum absolute atomic E-state index is 12.8. The summed E-state index contributed by atoms with van der Waals surface area (Å²) in [5, 5.41) is 3.66. The molecule has 198 valence electrons. The third-order valence-corrected chi connectivity index (χ3v) is 7.12. The Morgan fingerprint density at radius 1 is 1.03 bits per heavy atom. The number of hydrogen-bond acceptors (Lipinski definition) is 6. The molecule has 3 aromatic rings. The van der Waals surface area contributed by atoms with Gasteiger partial charge in [-0.2, -0.15) is 0 Å². The average Bonchev–Trinajstić information content (AvgIpc) is 3.36. The van der Waals surface area contributed by atoms with E-state index < -0.39 is 0 Å². The number of methoxy groups -OCH3 is 1. The van der Waals surface area contributed by atoms with E-state index in [1.54, 1.807) is 43.6 Å². The van der Waals surface area contributed by atoms with Gasteiger partial charge < -0.3 is 14.8 Å². The molecule has 2 aromatic carbocycles. The summed E-state index contributed by atoms with van der Waals surface area (Å²) in [5.41, 5.74) is 3.50. The van der Waals surface area contributed by atoms with E-state index >= 15 is 0 Å². The summed E-state index contributed by atoms with van der Waals surface area (Å²) in [6.07, 6.45) is 4.07. The normalized spacial score (nSPS) is 13.2. The lowest BCUT2D eigenvalue weighted by atomic mass is 9.89. The smallest absolute Gasteiger partial charge is 0.254 e. The fourth-order valence-electron chi connectivity index (χ4n) is 4.18. The highest BCUT2D eigenvalue weighted by molar-refractivity contribution is 6.43. The Morgan fingerprint density at radius 2 is 1.79 bits per heavy atom. The number of ketones is 1. The molecule has 0 saturated carbocycles. The van der Waals surface area contributed by atoms with Crippen LogP contribution in [0.5, 0.6) is 17.2 Å². The average molecular weight is 554 g/mol. The van der Waals surface area contributed by atoms with Gasteiger partial charge in [0.1, 0.15) is 28.1 Å². The summed E-state index contributed by atoms with van der Waals surface area (Å²) in [6.45, 7) is 6.86. The number of carbonyl (C=O) groups is 2. The Balaban J connectivity index is 1.55. The number of aromatic nitrogens is 1. The van der Waals surface area contributed by atoms with Crippen LogP contribution in [-0.2, 0) is 11.2 Å². The minimum absolute atomic E-state index is 0.0315. The monoisotopic (exact) mass is 553 g/mol. The van der Waals surface area contributed by atoms with E-state index in [4.69, 9.17) is 32.7 Å². The molecule has 1 N–H and O–H groups in total. The standard InChI is InChI=1S/C29H29Cl2N3O4/c1-29(2,3)25-11-16(15-34-25)10-18(35)12-17-6-7-23(27(31)26(17)30)38-22-8-9-33-21-14-24(37-5)20(13-19(21)22)28(36)32-4/h6-9,11,13-14H,10,12,15H2,1-5H3,(H,32,36). The van der Waals surface area contributed by atoms with Crippen LogP contribution in [0.4, 0.5) is 0 Å². The number of ether oxygens (including phenoxy) is 2. The van der Waals surface area contributed by atoms with Crippen molar-refractivity contribution in [2.75, 3.05) is 20.7 Å². The zero-order valence-electron chi connectivity index (χ0n) is 21.9. The first-order chi connectivity index (χ1) is 18.0. The van der Waals surface area contributed by atoms with Gasteiger partial charge in [-0.25, -0.2) is 0 Å². The van der Waals surface area contributed by atoms with Crippen LogP contribution < -0.4 is 14.8 Å². The van der Waals surface area contributed by atoms with Crippen LogP contribution in [0.2, 0.25) is 10.0 Å². The predicted octanol–water partition coefficient (Wildman–Crippen LogP) is 6.63. The number of halogens is 2. The first-order valence-corrected chi connectivity index (χ1v) is 12.9. The maximum Gasteiger partial charge on any atom is 0.254 e. The number of Topliss-reactive ketones (excluding diaryl/α,β-unsaturated/α-hetero) is 1. The Hall–Kier alpha value is -3.42. The van der Waals surface area contributed by atoms with E-state index in [0.29, 0.717) is 52.2 Å². The van der Waals surface area contributed by atoms with Crippen molar-refractivity contribution >= 4 is 51.5 Å². The number of nitrogens with one attached hydrogen (secondary N) is 1. The van der Waals surface area contributed by atoms with Gasteiger partial charge >= 0.3 is 0 Å². The van der Waals surface area contributed by atoms with Crippen molar-refractivity contribution in [2.24, 2.45) is 10.4 Å². The van der Waals surface area contributed by atoms with Crippen molar-refractivity contribution in [3.05, 3.63) is 69.3 Å². The second kappa shape index (κ2) is 11.1. The molecular weight excluding hydrogens is 525 g/mol. The molecule has 7 nitrogen and oxygen atoms in total. The predicted molar refractivity (Wildman–Crippen MR) is 151 cm³/mol. The van der Waals surface area contributed by atoms with E-state index in [2.05, 4.69) is 36.1 Å². The van der Waals surface area contributed by atoms with Gasteiger partial charge in [0.05, 0.1) is 29.8 Å². The summed E-state index contributed by atoms with van der Waals surface area (Å²) < 4.78 is 11.5. The van der Waals surface area contributed by atoms with Crippen LogP contribution in [0.1, 0.15) is 43.1 Å². The van der Waals surface area contributed by atoms with Gasteiger partial charge in [0.2, 0.25) is 0 Å². The molecule has 1 aliphatic rings. The minimum Gasteiger partial charge on any atom is -0.496 e. The molecule has 0 saturated heterocycles. The van der Waals surface area contributed by atoms with Crippen molar-refractivity contribution in [2.45, 2.75) is 33.6 Å². The number of pyridine rings is 1. The van der Waals surface area contributed by atoms with Crippen molar-refractivity contribution in [1.29, 1.82) is 0 Å². The van der Waals surface area contributed by atoms with Crippen molar-refractivity contribution in [3.8, 4) is 17.2 Å². The van der Waals surface area contributed by atoms with Crippen LogP contribution in [0.15, 0.2) is 53.2 Å². The maximum atomic E-state index is 12.8. The Morgan fingerprint density at radius 3 is 2.45 bits per heavy atom. The number of benzene rings is 2. The van der Waals surface area contributed by atoms with Crippen molar-refractivity contribution in [3.63, 3.8) is 0 Å². The lowest BCUT2D eigenvalue weighted by Crippen LogP contribution is -2.18. The van der Waals surface area contributed by atoms with Gasteiger partial charge in [-0.05, 0) is 35.4 Å². The molecule has 1 aliphatic heterocycles. The van der Waals surface area contributed by atoms with Crippen molar-refractivity contribution < 1.29 is 19.1 Å². The van der Waals surface area contributed by atoms with E-state index in [1.807, 2.05) is 6.08 Å². The summed E-state index contributed by atoms with van der Waals surface area (Å²) in [5.74, 6) is 0.880. The lowest BCUT2D eigenvalue weighted by molar-refractivity contribution is -0.117. The largest absolute Gasteiger partial charge is 0.496 e. The van der Waals surface area contributed by atoms with E-state index in [0.717, 1.165) is 11.3 Å². The number of nitrogens with zero attached hydrogens (tertiary/aromatic N) is 2. The zero-order valence-corrected chi connectivity index (χ0v) is 23.5. The van der Waals surface area contributed by atoms with Crippen LogP contribution in [0.3, 0.4) is 0 Å². The zero-order chi connectivity index (χ0) is 27.6. The van der Waals surface area contributed by atoms with Crippen LogP contribution >= 0.6 is 23.2 Å². The first-order valence-electron chi connectivity index (χ1n) is 12.1. The Bertz CT molecular complexity index is 1490. The lowest BCUT2D eigenvalue weighted by Gasteiger charge is -2.16. The Labute approximate surface area is 231 Å². The van der Waals surface area contributed by atoms with Gasteiger partial charge in [0.15, 0.2) is 0 Å². The molecule has 38 heavy (non-hydrogen) atoms. The molecule has 0 aliphatic carbocycles. The van der Waals surface area contributed by atoms with Gasteiger partial charge in [0, 0.05) is 48.7 Å². The summed E-state index contributed by atoms with van der Waals surface area (Å²) in [4.78, 5) is 34.1. The van der Waals surface area contributed by atoms with Crippen LogP contribution in [0, 0.1) is 5.41 Å². The number of carbonyl (C=O) groups excluding carboxylic acids is 2. The highest BCUT2D eigenvalue weighted by atomic mass is 35.5. The number of allylic oxidation sites excluding steroid dienone is 1. The quantitative estimate of drug-likeness (QED) is 0.338. The van der Waals surface area contributed by atoms with E-state index in [9.17, 15) is 9.59 Å². The molecule has 1 aromatic heterocycles. The number of amides is 1. The summed E-state index contributed by atoms with van der Waals surface area (Å²) >= 11 is 13.1. The second-order valence-corrected chi connectivity index (χ2v) is 10.8. The molecule has 0 unspecified atom stereocenters. The SMILES string of the molecule is CNC(=O)c1cc2c(Oc3ccc(CC(=O)CC4=CC(C(C)(C)C)=NC4)c(Cl)c3Cl)ccnc2cc1OC. The van der Waals surface area contributed by atoms with Crippen LogP contribution in [-0.4, -0.2) is 43.1 Å². The minimum atomic E-state index is -0.303. The number of aliphatic imine (C=N–C) groups is 1. The highest BCUT2D eigenvalue weighted by Crippen LogP contribution is 2.40. The Kier molecular flexibility index (Phi) is 8.09. The molecule has 0 fully saturated rings. The van der Waals surface area contributed by atoms with Gasteiger partial charge in [0.25, 0.3) is 5.91 Å². The fraction of sp³-hybridized carbons (Fsp3) is 0.310. The molecule has 0 radical (unpaired) electrons. The van der Waals surface area contributed by atoms with Gasteiger partial charge in [-0.15, -0.1) is 0 Å². The fourth-order valence-corrected chi connectivity index (χ4v) is 4.63. The summed E-state index contributed by atoms with van der Waals surface area (Å²) in [7, 11) is 3.03. The third-order valence-electron chi connectivity index (χ3n) is 6.21. The molecule has 2 heterocycles. The summed E-state index contributed by atoms with van der Waals surface area (Å²) in [6, 6.07) is 8.43. The first kappa shape index (κ1) is 27.6. The van der Waals surface area contributed by atoms with Gasteiger partial charge in [-0.1, -0.05) is 50.0 Å². The molecule has 0 atom stereocenters. The van der Waals surface area contributed by atoms with Gasteiger partial charge in [-0.3, -0.25) is 19.6 Å².